The maximum absolute atomic E-state index is 5.40. The highest BCUT2D eigenvalue weighted by atomic mass is 79.9. The van der Waals surface area contributed by atoms with Crippen LogP contribution in [-0.2, 0) is 0 Å². The molecule has 1 aromatic carbocycles. The van der Waals surface area contributed by atoms with Crippen LogP contribution in [0.2, 0.25) is 0 Å². The number of benzene rings is 1. The van der Waals surface area contributed by atoms with Crippen LogP contribution in [0.25, 0.3) is 0 Å². The first kappa shape index (κ1) is 13.8. The van der Waals surface area contributed by atoms with E-state index >= 15 is 0 Å². The SMILES string of the molecule is CC(NC(C)c1ccc(Br)cc1Br)c1ccco1. The van der Waals surface area contributed by atoms with Gasteiger partial charge in [-0.3, -0.25) is 0 Å². The fraction of sp³-hybridized carbons (Fsp3) is 0.286. The zero-order chi connectivity index (χ0) is 13.1. The van der Waals surface area contributed by atoms with E-state index in [0.29, 0.717) is 0 Å². The van der Waals surface area contributed by atoms with Crippen LogP contribution < -0.4 is 5.32 Å². The lowest BCUT2D eigenvalue weighted by atomic mass is 10.1. The molecule has 18 heavy (non-hydrogen) atoms. The molecule has 0 fully saturated rings. The van der Waals surface area contributed by atoms with E-state index < -0.39 is 0 Å². The second-order valence-corrected chi connectivity index (χ2v) is 6.06. The van der Waals surface area contributed by atoms with Crippen molar-refractivity contribution in [1.82, 2.24) is 5.32 Å². The fourth-order valence-corrected chi connectivity index (χ4v) is 3.33. The molecule has 0 bridgehead atoms. The van der Waals surface area contributed by atoms with E-state index in [4.69, 9.17) is 4.42 Å². The molecule has 2 aromatic rings. The Morgan fingerprint density at radius 3 is 2.50 bits per heavy atom. The summed E-state index contributed by atoms with van der Waals surface area (Å²) >= 11 is 7.06. The molecule has 0 saturated heterocycles. The van der Waals surface area contributed by atoms with Gasteiger partial charge in [-0.1, -0.05) is 37.9 Å². The predicted octanol–water partition coefficient (Wildman–Crippen LogP) is 5.22. The van der Waals surface area contributed by atoms with Gasteiger partial charge in [0.1, 0.15) is 5.76 Å². The molecule has 1 aromatic heterocycles. The average Bonchev–Trinajstić information content (AvgIpc) is 2.81. The summed E-state index contributed by atoms with van der Waals surface area (Å²) in [5.41, 5.74) is 1.23. The van der Waals surface area contributed by atoms with Gasteiger partial charge >= 0.3 is 0 Å². The maximum Gasteiger partial charge on any atom is 0.120 e. The van der Waals surface area contributed by atoms with Gasteiger partial charge in [-0.15, -0.1) is 0 Å². The minimum Gasteiger partial charge on any atom is -0.468 e. The van der Waals surface area contributed by atoms with Crippen molar-refractivity contribution in [3.8, 4) is 0 Å². The van der Waals surface area contributed by atoms with Gasteiger partial charge < -0.3 is 9.73 Å². The monoisotopic (exact) mass is 371 g/mol. The Bertz CT molecular complexity index is 511. The Kier molecular flexibility index (Phi) is 4.65. The molecular formula is C14H15Br2NO. The molecule has 1 heterocycles. The van der Waals surface area contributed by atoms with Crippen molar-refractivity contribution in [2.24, 2.45) is 0 Å². The summed E-state index contributed by atoms with van der Waals surface area (Å²) in [5, 5.41) is 3.52. The Balaban J connectivity index is 2.10. The minimum absolute atomic E-state index is 0.186. The number of rotatable bonds is 4. The van der Waals surface area contributed by atoms with Crippen molar-refractivity contribution in [3.05, 3.63) is 56.9 Å². The lowest BCUT2D eigenvalue weighted by Crippen LogP contribution is -2.22. The Morgan fingerprint density at radius 1 is 1.11 bits per heavy atom. The molecule has 0 aliphatic rings. The number of hydrogen-bond acceptors (Lipinski definition) is 2. The standard InChI is InChI=1S/C14H15Br2NO/c1-9(12-6-5-11(15)8-13(12)16)17-10(2)14-4-3-7-18-14/h3-10,17H,1-2H3. The third kappa shape index (κ3) is 3.25. The van der Waals surface area contributed by atoms with Gasteiger partial charge in [-0.05, 0) is 43.7 Å². The van der Waals surface area contributed by atoms with E-state index in [1.807, 2.05) is 12.1 Å². The van der Waals surface area contributed by atoms with Gasteiger partial charge in [-0.25, -0.2) is 0 Å². The van der Waals surface area contributed by atoms with Crippen LogP contribution in [0.15, 0.2) is 50.0 Å². The molecule has 4 heteroatoms. The smallest absolute Gasteiger partial charge is 0.120 e. The maximum atomic E-state index is 5.40. The van der Waals surface area contributed by atoms with Crippen molar-refractivity contribution in [3.63, 3.8) is 0 Å². The number of hydrogen-bond donors (Lipinski definition) is 1. The molecule has 96 valence electrons. The summed E-state index contributed by atoms with van der Waals surface area (Å²) in [5.74, 6) is 0.954. The third-order valence-electron chi connectivity index (χ3n) is 2.90. The van der Waals surface area contributed by atoms with Crippen LogP contribution in [0.5, 0.6) is 0 Å². The highest BCUT2D eigenvalue weighted by molar-refractivity contribution is 9.11. The first-order valence-corrected chi connectivity index (χ1v) is 7.41. The van der Waals surface area contributed by atoms with Gasteiger partial charge in [0.05, 0.1) is 12.3 Å². The lowest BCUT2D eigenvalue weighted by molar-refractivity contribution is 0.402. The minimum atomic E-state index is 0.186. The zero-order valence-electron chi connectivity index (χ0n) is 10.3. The highest BCUT2D eigenvalue weighted by Gasteiger charge is 2.15. The van der Waals surface area contributed by atoms with E-state index in [-0.39, 0.29) is 12.1 Å². The van der Waals surface area contributed by atoms with Gasteiger partial charge in [0.15, 0.2) is 0 Å². The van der Waals surface area contributed by atoms with E-state index in [9.17, 15) is 0 Å². The molecule has 0 spiro atoms. The Morgan fingerprint density at radius 2 is 1.89 bits per heavy atom. The van der Waals surface area contributed by atoms with Crippen LogP contribution in [0, 0.1) is 0 Å². The van der Waals surface area contributed by atoms with E-state index in [1.165, 1.54) is 5.56 Å². The second kappa shape index (κ2) is 6.04. The van der Waals surface area contributed by atoms with Crippen LogP contribution >= 0.6 is 31.9 Å². The molecule has 2 atom stereocenters. The molecule has 2 rings (SSSR count). The van der Waals surface area contributed by atoms with E-state index in [2.05, 4.69) is 69.2 Å². The first-order valence-electron chi connectivity index (χ1n) is 5.82. The molecule has 0 amide bonds. The molecule has 0 aliphatic heterocycles. The Labute approximate surface area is 124 Å². The van der Waals surface area contributed by atoms with Crippen molar-refractivity contribution < 1.29 is 4.42 Å². The van der Waals surface area contributed by atoms with Crippen LogP contribution in [-0.4, -0.2) is 0 Å². The van der Waals surface area contributed by atoms with Crippen molar-refractivity contribution >= 4 is 31.9 Å². The van der Waals surface area contributed by atoms with Gasteiger partial charge in [-0.2, -0.15) is 0 Å². The lowest BCUT2D eigenvalue weighted by Gasteiger charge is -2.20. The topological polar surface area (TPSA) is 25.2 Å². The Hall–Kier alpha value is -0.580. The van der Waals surface area contributed by atoms with E-state index in [0.717, 1.165) is 14.7 Å². The number of halogens is 2. The summed E-state index contributed by atoms with van der Waals surface area (Å²) in [4.78, 5) is 0. The largest absolute Gasteiger partial charge is 0.468 e. The average molecular weight is 373 g/mol. The van der Waals surface area contributed by atoms with Gasteiger partial charge in [0, 0.05) is 15.0 Å². The van der Waals surface area contributed by atoms with Crippen molar-refractivity contribution in [1.29, 1.82) is 0 Å². The summed E-state index contributed by atoms with van der Waals surface area (Å²) in [6.45, 7) is 4.25. The number of nitrogens with one attached hydrogen (secondary N) is 1. The molecule has 0 aliphatic carbocycles. The van der Waals surface area contributed by atoms with Crippen molar-refractivity contribution in [2.45, 2.75) is 25.9 Å². The van der Waals surface area contributed by atoms with E-state index in [1.54, 1.807) is 6.26 Å². The second-order valence-electron chi connectivity index (χ2n) is 4.29. The van der Waals surface area contributed by atoms with Gasteiger partial charge in [0.2, 0.25) is 0 Å². The van der Waals surface area contributed by atoms with Crippen LogP contribution in [0.1, 0.15) is 37.3 Å². The third-order valence-corrected chi connectivity index (χ3v) is 4.08. The predicted molar refractivity (Wildman–Crippen MR) is 80.5 cm³/mol. The molecule has 1 N–H and O–H groups in total. The summed E-state index contributed by atoms with van der Waals surface area (Å²) in [6, 6.07) is 10.6. The molecule has 2 unspecified atom stereocenters. The van der Waals surface area contributed by atoms with Crippen LogP contribution in [0.3, 0.4) is 0 Å². The highest BCUT2D eigenvalue weighted by Crippen LogP contribution is 2.28. The normalized spacial score (nSPS) is 14.4. The summed E-state index contributed by atoms with van der Waals surface area (Å²) < 4.78 is 7.57. The molecular weight excluding hydrogens is 358 g/mol. The molecule has 2 nitrogen and oxygen atoms in total. The van der Waals surface area contributed by atoms with Crippen LogP contribution in [0.4, 0.5) is 0 Å². The zero-order valence-corrected chi connectivity index (χ0v) is 13.5. The summed E-state index contributed by atoms with van der Waals surface area (Å²) in [7, 11) is 0. The quantitative estimate of drug-likeness (QED) is 0.796. The number of furan rings is 1. The van der Waals surface area contributed by atoms with Crippen molar-refractivity contribution in [2.75, 3.05) is 0 Å². The van der Waals surface area contributed by atoms with Gasteiger partial charge in [0.25, 0.3) is 0 Å². The fourth-order valence-electron chi connectivity index (χ4n) is 1.94. The molecule has 0 radical (unpaired) electrons. The first-order chi connectivity index (χ1) is 8.58. The molecule has 0 saturated carbocycles. The summed E-state index contributed by atoms with van der Waals surface area (Å²) in [6.07, 6.45) is 1.70.